The van der Waals surface area contributed by atoms with Gasteiger partial charge in [-0.25, -0.2) is 0 Å². The third kappa shape index (κ3) is 4.36. The topological polar surface area (TPSA) is 124 Å². The van der Waals surface area contributed by atoms with E-state index < -0.39 is 11.3 Å². The lowest BCUT2D eigenvalue weighted by molar-refractivity contribution is -0.133. The Morgan fingerprint density at radius 2 is 1.84 bits per heavy atom. The van der Waals surface area contributed by atoms with Crippen molar-refractivity contribution in [1.82, 2.24) is 10.3 Å². The van der Waals surface area contributed by atoms with E-state index in [-0.39, 0.29) is 11.8 Å². The highest BCUT2D eigenvalue weighted by Crippen LogP contribution is 2.49. The molecule has 2 aromatic heterocycles. The number of hydrogen-bond acceptors (Lipinski definition) is 7. The number of carbonyl (C=O) groups excluding carboxylic acids is 3. The second kappa shape index (κ2) is 9.55. The zero-order valence-corrected chi connectivity index (χ0v) is 21.0. The number of nitrogens with one attached hydrogen (secondary N) is 1. The quantitative estimate of drug-likeness (QED) is 0.335. The molecule has 5 rings (SSSR count). The fourth-order valence-corrected chi connectivity index (χ4v) is 4.90. The second-order valence-corrected chi connectivity index (χ2v) is 9.52. The molecule has 0 spiro atoms. The minimum Gasteiger partial charge on any atom is -0.496 e. The van der Waals surface area contributed by atoms with E-state index in [0.717, 1.165) is 0 Å². The molecule has 3 N–H and O–H groups in total. The van der Waals surface area contributed by atoms with E-state index in [1.165, 1.54) is 23.3 Å². The SMILES string of the molecule is CNC(=O)c1cc2c(Oc3ccc(N(C(=O)C4(C(N)=O)CC4)c4cccs4)cc3)ccnc2cc1OC. The normalized spacial score (nSPS) is 13.6. The van der Waals surface area contributed by atoms with E-state index in [4.69, 9.17) is 15.2 Å². The largest absolute Gasteiger partial charge is 0.496 e. The number of ether oxygens (including phenoxy) is 2. The number of carbonyl (C=O) groups is 3. The van der Waals surface area contributed by atoms with Crippen LogP contribution < -0.4 is 25.4 Å². The molecule has 3 amide bonds. The third-order valence-electron chi connectivity index (χ3n) is 6.38. The summed E-state index contributed by atoms with van der Waals surface area (Å²) in [5, 5.41) is 5.81. The van der Waals surface area contributed by atoms with Crippen LogP contribution in [0.4, 0.5) is 10.7 Å². The van der Waals surface area contributed by atoms with Gasteiger partial charge < -0.3 is 20.5 Å². The van der Waals surface area contributed by atoms with Crippen LogP contribution in [0.2, 0.25) is 0 Å². The van der Waals surface area contributed by atoms with Gasteiger partial charge in [-0.3, -0.25) is 24.3 Å². The smallest absolute Gasteiger partial charge is 0.254 e. The number of nitrogens with two attached hydrogens (primary N) is 1. The molecular weight excluding hydrogens is 492 g/mol. The van der Waals surface area contributed by atoms with Crippen LogP contribution >= 0.6 is 11.3 Å². The molecule has 1 fully saturated rings. The molecule has 188 valence electrons. The Bertz CT molecular complexity index is 1500. The Kier molecular flexibility index (Phi) is 6.26. The average molecular weight is 517 g/mol. The standard InChI is InChI=1S/C27H24N4O5S/c1-29-24(32)19-14-18-20(15-22(19)35-2)30-12-9-21(18)36-17-7-5-16(6-8-17)31(23-4-3-13-37-23)26(34)27(10-11-27)25(28)33/h3-9,12-15H,10-11H2,1-2H3,(H2,28,33)(H,29,32). The molecular formula is C27H24N4O5S. The maximum Gasteiger partial charge on any atom is 0.254 e. The predicted molar refractivity (Wildman–Crippen MR) is 141 cm³/mol. The number of benzene rings is 2. The molecule has 10 heteroatoms. The molecule has 1 saturated carbocycles. The predicted octanol–water partition coefficient (Wildman–Crippen LogP) is 4.39. The van der Waals surface area contributed by atoms with E-state index in [2.05, 4.69) is 10.3 Å². The summed E-state index contributed by atoms with van der Waals surface area (Å²) < 4.78 is 11.5. The molecule has 0 saturated heterocycles. The molecule has 4 aromatic rings. The molecule has 0 bridgehead atoms. The highest BCUT2D eigenvalue weighted by molar-refractivity contribution is 7.14. The molecule has 9 nitrogen and oxygen atoms in total. The number of fused-ring (bicyclic) bond motifs is 1. The van der Waals surface area contributed by atoms with E-state index in [1.54, 1.807) is 55.7 Å². The van der Waals surface area contributed by atoms with Crippen LogP contribution in [0.3, 0.4) is 0 Å². The number of methoxy groups -OCH3 is 1. The van der Waals surface area contributed by atoms with Gasteiger partial charge in [-0.05, 0) is 66.8 Å². The van der Waals surface area contributed by atoms with Gasteiger partial charge in [-0.15, -0.1) is 11.3 Å². The van der Waals surface area contributed by atoms with Crippen LogP contribution in [0, 0.1) is 5.41 Å². The first-order chi connectivity index (χ1) is 17.9. The van der Waals surface area contributed by atoms with Crippen LogP contribution in [-0.4, -0.2) is 36.9 Å². The summed E-state index contributed by atoms with van der Waals surface area (Å²) in [4.78, 5) is 43.7. The lowest BCUT2D eigenvalue weighted by atomic mass is 10.0. The van der Waals surface area contributed by atoms with Crippen LogP contribution in [0.15, 0.2) is 66.2 Å². The summed E-state index contributed by atoms with van der Waals surface area (Å²) in [5.74, 6) is 0.207. The number of primary amides is 1. The molecule has 0 unspecified atom stereocenters. The molecule has 0 radical (unpaired) electrons. The van der Waals surface area contributed by atoms with Crippen molar-refractivity contribution >= 4 is 50.6 Å². The van der Waals surface area contributed by atoms with E-state index >= 15 is 0 Å². The number of anilines is 2. The van der Waals surface area contributed by atoms with Crippen LogP contribution in [0.25, 0.3) is 10.9 Å². The highest BCUT2D eigenvalue weighted by atomic mass is 32.1. The lowest BCUT2D eigenvalue weighted by Gasteiger charge is -2.25. The number of nitrogens with zero attached hydrogens (tertiary/aromatic N) is 2. The van der Waals surface area contributed by atoms with Crippen molar-refractivity contribution in [2.45, 2.75) is 12.8 Å². The van der Waals surface area contributed by atoms with Gasteiger partial charge in [0.25, 0.3) is 5.91 Å². The van der Waals surface area contributed by atoms with Crippen molar-refractivity contribution in [1.29, 1.82) is 0 Å². The Labute approximate surface area is 216 Å². The monoisotopic (exact) mass is 516 g/mol. The van der Waals surface area contributed by atoms with Crippen molar-refractivity contribution in [3.05, 3.63) is 71.7 Å². The Hall–Kier alpha value is -4.44. The summed E-state index contributed by atoms with van der Waals surface area (Å²) in [6, 6.07) is 15.7. The number of aromatic nitrogens is 1. The number of hydrogen-bond donors (Lipinski definition) is 2. The van der Waals surface area contributed by atoms with Crippen molar-refractivity contribution < 1.29 is 23.9 Å². The summed E-state index contributed by atoms with van der Waals surface area (Å²) >= 11 is 1.40. The van der Waals surface area contributed by atoms with Gasteiger partial charge in [-0.2, -0.15) is 0 Å². The Morgan fingerprint density at radius 1 is 1.08 bits per heavy atom. The summed E-state index contributed by atoms with van der Waals surface area (Å²) in [5.41, 5.74) is 5.98. The minimum absolute atomic E-state index is 0.291. The van der Waals surface area contributed by atoms with Gasteiger partial charge >= 0.3 is 0 Å². The van der Waals surface area contributed by atoms with Crippen LogP contribution in [0.1, 0.15) is 23.2 Å². The lowest BCUT2D eigenvalue weighted by Crippen LogP contribution is -2.41. The summed E-state index contributed by atoms with van der Waals surface area (Å²) in [7, 11) is 3.04. The molecule has 1 aliphatic rings. The van der Waals surface area contributed by atoms with Gasteiger partial charge in [-0.1, -0.05) is 0 Å². The first-order valence-electron chi connectivity index (χ1n) is 11.5. The number of thiophene rings is 1. The Balaban J connectivity index is 1.47. The Morgan fingerprint density at radius 3 is 2.43 bits per heavy atom. The molecule has 0 atom stereocenters. The number of amides is 3. The molecule has 2 aromatic carbocycles. The number of rotatable bonds is 8. The van der Waals surface area contributed by atoms with E-state index in [9.17, 15) is 14.4 Å². The zero-order chi connectivity index (χ0) is 26.2. The average Bonchev–Trinajstić information content (AvgIpc) is 3.57. The van der Waals surface area contributed by atoms with Crippen molar-refractivity contribution in [2.24, 2.45) is 11.1 Å². The van der Waals surface area contributed by atoms with Crippen molar-refractivity contribution in [3.8, 4) is 17.2 Å². The maximum absolute atomic E-state index is 13.4. The summed E-state index contributed by atoms with van der Waals surface area (Å²) in [6.45, 7) is 0. The highest BCUT2D eigenvalue weighted by Gasteiger charge is 2.57. The molecule has 2 heterocycles. The van der Waals surface area contributed by atoms with Gasteiger partial charge in [0.05, 0.1) is 18.2 Å². The van der Waals surface area contributed by atoms with Gasteiger partial charge in [0.1, 0.15) is 27.7 Å². The van der Waals surface area contributed by atoms with Gasteiger partial charge in [0, 0.05) is 30.4 Å². The number of pyridine rings is 1. The van der Waals surface area contributed by atoms with Gasteiger partial charge in [0.15, 0.2) is 0 Å². The van der Waals surface area contributed by atoms with Crippen molar-refractivity contribution in [2.75, 3.05) is 19.1 Å². The fourth-order valence-electron chi connectivity index (χ4n) is 4.15. The first kappa shape index (κ1) is 24.3. The molecule has 0 aliphatic heterocycles. The third-order valence-corrected chi connectivity index (χ3v) is 7.23. The van der Waals surface area contributed by atoms with E-state index in [1.807, 2.05) is 17.5 Å². The van der Waals surface area contributed by atoms with Gasteiger partial charge in [0.2, 0.25) is 11.8 Å². The molecule has 1 aliphatic carbocycles. The second-order valence-electron chi connectivity index (χ2n) is 8.59. The van der Waals surface area contributed by atoms with E-state index in [0.29, 0.717) is 57.2 Å². The first-order valence-corrected chi connectivity index (χ1v) is 12.4. The van der Waals surface area contributed by atoms with Crippen LogP contribution in [0.5, 0.6) is 17.2 Å². The van der Waals surface area contributed by atoms with Crippen molar-refractivity contribution in [3.63, 3.8) is 0 Å². The molecule has 37 heavy (non-hydrogen) atoms. The minimum atomic E-state index is -1.15. The van der Waals surface area contributed by atoms with Crippen LogP contribution in [-0.2, 0) is 9.59 Å². The zero-order valence-electron chi connectivity index (χ0n) is 20.2. The summed E-state index contributed by atoms with van der Waals surface area (Å²) in [6.07, 6.45) is 2.51. The maximum atomic E-state index is 13.4. The fraction of sp³-hybridized carbons (Fsp3) is 0.185.